The Bertz CT molecular complexity index is 1570. The minimum atomic E-state index is -4.71. The molecule has 420 valence electrons. The topological polar surface area (TPSA) is 114 Å². The lowest BCUT2D eigenvalue weighted by Gasteiger charge is -2.30. The van der Waals surface area contributed by atoms with E-state index < -0.39 is 26.6 Å². The first-order chi connectivity index (χ1) is 35.4. The molecular weight excluding hydrogens is 928 g/mol. The summed E-state index contributed by atoms with van der Waals surface area (Å²) < 4.78 is 30.2. The molecule has 0 heterocycles. The summed E-state index contributed by atoms with van der Waals surface area (Å²) in [6, 6.07) is -0.912. The molecule has 0 saturated heterocycles. The maximum atomic E-state index is 13.5. The monoisotopic (exact) mass is 1040 g/mol. The average Bonchev–Trinajstić information content (AvgIpc) is 3.35. The fraction of sp³-hybridized carbons (Fsp3) is 0.714. The fourth-order valence-electron chi connectivity index (χ4n) is 7.93. The maximum Gasteiger partial charge on any atom is 0.306 e. The number of hydrogen-bond donors (Lipinski definition) is 1. The van der Waals surface area contributed by atoms with E-state index in [2.05, 4.69) is 111 Å². The van der Waals surface area contributed by atoms with E-state index in [1.54, 1.807) is 0 Å². The molecule has 0 saturated carbocycles. The van der Waals surface area contributed by atoms with Crippen LogP contribution in [0.4, 0.5) is 0 Å². The molecule has 0 rings (SSSR count). The van der Waals surface area contributed by atoms with Gasteiger partial charge in [0.15, 0.2) is 0 Å². The van der Waals surface area contributed by atoms with Gasteiger partial charge in [0.05, 0.1) is 33.8 Å². The predicted octanol–water partition coefficient (Wildman–Crippen LogP) is 17.4. The van der Waals surface area contributed by atoms with Gasteiger partial charge in [-0.15, -0.1) is 0 Å². The van der Waals surface area contributed by atoms with Crippen molar-refractivity contribution in [2.75, 3.05) is 40.9 Å². The number of phosphoric ester groups is 1. The molecule has 0 fully saturated rings. The number of likely N-dealkylation sites (N-methyl/N-ethyl adjacent to an activating group) is 1. The lowest BCUT2D eigenvalue weighted by Crippen LogP contribution is -2.47. The highest BCUT2D eigenvalue weighted by Crippen LogP contribution is 2.38. The predicted molar refractivity (Wildman–Crippen MR) is 311 cm³/mol. The van der Waals surface area contributed by atoms with Crippen LogP contribution in [0.3, 0.4) is 0 Å². The van der Waals surface area contributed by atoms with Crippen molar-refractivity contribution >= 4 is 19.7 Å². The highest BCUT2D eigenvalue weighted by molar-refractivity contribution is 7.45. The number of carbonyl (C=O) groups is 2. The van der Waals surface area contributed by atoms with Crippen LogP contribution in [0.1, 0.15) is 239 Å². The highest BCUT2D eigenvalue weighted by Gasteiger charge is 2.27. The smallest absolute Gasteiger partial charge is 0.306 e. The van der Waals surface area contributed by atoms with Crippen molar-refractivity contribution in [2.45, 2.75) is 251 Å². The Balaban J connectivity index is 5.36. The molecule has 3 unspecified atom stereocenters. The van der Waals surface area contributed by atoms with Crippen molar-refractivity contribution in [3.05, 3.63) is 97.2 Å². The lowest BCUT2D eigenvalue weighted by molar-refractivity contribution is -0.870. The van der Waals surface area contributed by atoms with Crippen LogP contribution in [0.25, 0.3) is 0 Å². The number of phosphoric acid groups is 1. The molecule has 0 radical (unpaired) electrons. The summed E-state index contributed by atoms with van der Waals surface area (Å²) in [6.45, 7) is 6.65. The molecule has 0 aromatic rings. The molecule has 10 heteroatoms. The van der Waals surface area contributed by atoms with Gasteiger partial charge in [0.25, 0.3) is 7.82 Å². The van der Waals surface area contributed by atoms with Gasteiger partial charge in [0, 0.05) is 12.8 Å². The number of allylic oxidation sites excluding steroid dienone is 15. The minimum absolute atomic E-state index is 0.0349. The van der Waals surface area contributed by atoms with E-state index in [-0.39, 0.29) is 31.3 Å². The largest absolute Gasteiger partial charge is 0.756 e. The van der Waals surface area contributed by atoms with Gasteiger partial charge in [-0.1, -0.05) is 215 Å². The Hall–Kier alpha value is -3.07. The Morgan fingerprint density at radius 3 is 1.34 bits per heavy atom. The van der Waals surface area contributed by atoms with Gasteiger partial charge in [-0.3, -0.25) is 14.2 Å². The van der Waals surface area contributed by atoms with Gasteiger partial charge in [0.2, 0.25) is 5.91 Å². The normalized spacial score (nSPS) is 14.5. The SMILES string of the molecule is CC/C=C/C/C=C/C/C=C/CCCCCCC(=O)OC(/C=C\CCCCCCCCCCCC)C(COP(=O)([O-])OCC[N+](C)(C)C)NC(=O)CCCCCCC/C=C\C/C=C\C/C=C\C/C=C\CCCCC. The van der Waals surface area contributed by atoms with E-state index >= 15 is 0 Å². The van der Waals surface area contributed by atoms with Crippen LogP contribution in [0.5, 0.6) is 0 Å². The fourth-order valence-corrected chi connectivity index (χ4v) is 8.65. The number of quaternary nitrogens is 1. The number of esters is 1. The zero-order valence-electron chi connectivity index (χ0n) is 47.8. The highest BCUT2D eigenvalue weighted by atomic mass is 31.2. The molecular formula is C63H111N2O7P. The van der Waals surface area contributed by atoms with Crippen LogP contribution in [0.15, 0.2) is 97.2 Å². The van der Waals surface area contributed by atoms with Crippen molar-refractivity contribution in [2.24, 2.45) is 0 Å². The molecule has 0 aromatic heterocycles. The number of carbonyl (C=O) groups excluding carboxylic acids is 2. The zero-order chi connectivity index (χ0) is 53.6. The molecule has 0 aliphatic heterocycles. The average molecular weight is 1040 g/mol. The molecule has 9 nitrogen and oxygen atoms in total. The Kier molecular flexibility index (Phi) is 50.2. The first-order valence-electron chi connectivity index (χ1n) is 29.5. The summed E-state index contributed by atoms with van der Waals surface area (Å²) in [4.78, 5) is 39.9. The number of hydrogen-bond acceptors (Lipinski definition) is 7. The molecule has 0 aliphatic carbocycles. The Labute approximate surface area is 449 Å². The van der Waals surface area contributed by atoms with Crippen LogP contribution in [-0.2, 0) is 27.9 Å². The van der Waals surface area contributed by atoms with Crippen molar-refractivity contribution in [1.82, 2.24) is 5.32 Å². The van der Waals surface area contributed by atoms with Gasteiger partial charge in [-0.2, -0.15) is 0 Å². The second-order valence-corrected chi connectivity index (χ2v) is 22.2. The third-order valence-electron chi connectivity index (χ3n) is 12.5. The summed E-state index contributed by atoms with van der Waals surface area (Å²) in [5.74, 6) is -0.594. The van der Waals surface area contributed by atoms with E-state index in [9.17, 15) is 19.0 Å². The molecule has 0 spiro atoms. The van der Waals surface area contributed by atoms with E-state index in [1.807, 2.05) is 33.3 Å². The second kappa shape index (κ2) is 52.4. The quantitative estimate of drug-likeness (QED) is 0.0212. The van der Waals surface area contributed by atoms with Crippen LogP contribution < -0.4 is 10.2 Å². The maximum absolute atomic E-state index is 13.5. The van der Waals surface area contributed by atoms with E-state index in [4.69, 9.17) is 13.8 Å². The van der Waals surface area contributed by atoms with Crippen LogP contribution in [0.2, 0.25) is 0 Å². The lowest BCUT2D eigenvalue weighted by atomic mass is 10.0. The molecule has 0 aromatic carbocycles. The first kappa shape index (κ1) is 69.9. The summed E-state index contributed by atoms with van der Waals surface area (Å²) in [7, 11) is 1.14. The van der Waals surface area contributed by atoms with Crippen LogP contribution >= 0.6 is 7.82 Å². The van der Waals surface area contributed by atoms with Crippen LogP contribution in [0, 0.1) is 0 Å². The van der Waals surface area contributed by atoms with E-state index in [0.29, 0.717) is 23.9 Å². The summed E-state index contributed by atoms with van der Waals surface area (Å²) in [5, 5.41) is 3.01. The van der Waals surface area contributed by atoms with E-state index in [1.165, 1.54) is 77.0 Å². The van der Waals surface area contributed by atoms with Crippen molar-refractivity contribution in [1.29, 1.82) is 0 Å². The third-order valence-corrected chi connectivity index (χ3v) is 13.5. The molecule has 0 bridgehead atoms. The number of amides is 1. The number of unbranched alkanes of at least 4 members (excludes halogenated alkanes) is 22. The van der Waals surface area contributed by atoms with Gasteiger partial charge < -0.3 is 28.5 Å². The van der Waals surface area contributed by atoms with Gasteiger partial charge in [-0.25, -0.2) is 0 Å². The molecule has 0 aliphatic rings. The Morgan fingerprint density at radius 2 is 0.877 bits per heavy atom. The first-order valence-corrected chi connectivity index (χ1v) is 31.0. The third kappa shape index (κ3) is 53.6. The number of nitrogens with one attached hydrogen (secondary N) is 1. The molecule has 3 atom stereocenters. The van der Waals surface area contributed by atoms with Gasteiger partial charge >= 0.3 is 5.97 Å². The van der Waals surface area contributed by atoms with Crippen molar-refractivity contribution in [3.8, 4) is 0 Å². The molecule has 1 amide bonds. The summed E-state index contributed by atoms with van der Waals surface area (Å²) in [6.07, 6.45) is 69.4. The van der Waals surface area contributed by atoms with E-state index in [0.717, 1.165) is 116 Å². The molecule has 73 heavy (non-hydrogen) atoms. The van der Waals surface area contributed by atoms with Crippen molar-refractivity contribution < 1.29 is 37.3 Å². The number of ether oxygens (including phenoxy) is 1. The molecule has 1 N–H and O–H groups in total. The summed E-state index contributed by atoms with van der Waals surface area (Å²) >= 11 is 0. The standard InChI is InChI=1S/C63H111N2O7P/c1-7-10-13-16-19-22-25-28-30-31-32-33-34-35-36-37-40-43-46-49-52-55-62(66)64-60(59-71-73(68,69)70-58-57-65(4,5)6)61(54-51-48-45-42-39-27-24-21-18-15-12-9-3)72-63(67)56-53-50-47-44-41-38-29-26-23-20-17-14-11-8-2/h11,14,19-20,22-23,28-30,32-33,35-36,38,51,54,60-61H,7-10,12-13,15-18,21,24-27,31,34,37,39-50,52-53,55-59H2,1-6H3,(H-,64,66,68,69)/b14-11+,22-19-,23-20+,30-28-,33-32-,36-35-,38-29+,54-51-. The second-order valence-electron chi connectivity index (χ2n) is 20.8. The number of nitrogens with zero attached hydrogens (tertiary/aromatic N) is 1. The minimum Gasteiger partial charge on any atom is -0.756 e. The van der Waals surface area contributed by atoms with Crippen LogP contribution in [-0.4, -0.2) is 69.4 Å². The van der Waals surface area contributed by atoms with Crippen molar-refractivity contribution in [3.63, 3.8) is 0 Å². The van der Waals surface area contributed by atoms with Gasteiger partial charge in [0.1, 0.15) is 19.3 Å². The number of rotatable bonds is 52. The van der Waals surface area contributed by atoms with Gasteiger partial charge in [-0.05, 0) is 109 Å². The zero-order valence-corrected chi connectivity index (χ0v) is 48.7. The summed E-state index contributed by atoms with van der Waals surface area (Å²) in [5.41, 5.74) is 0. The Morgan fingerprint density at radius 1 is 0.493 bits per heavy atom.